The van der Waals surface area contributed by atoms with Crippen LogP contribution in [0.3, 0.4) is 0 Å². The van der Waals surface area contributed by atoms with Crippen LogP contribution in [0, 0.1) is 5.92 Å². The molecule has 0 spiro atoms. The molecule has 2 aromatic rings. The number of amides is 1. The first kappa shape index (κ1) is 23.7. The van der Waals surface area contributed by atoms with Gasteiger partial charge in [-0.15, -0.1) is 0 Å². The van der Waals surface area contributed by atoms with Crippen molar-refractivity contribution in [3.05, 3.63) is 47.8 Å². The van der Waals surface area contributed by atoms with Crippen molar-refractivity contribution in [3.8, 4) is 0 Å². The van der Waals surface area contributed by atoms with E-state index in [1.54, 1.807) is 12.1 Å². The van der Waals surface area contributed by atoms with Crippen LogP contribution in [0.1, 0.15) is 52.3 Å². The first-order valence-corrected chi connectivity index (χ1v) is 13.1. The first-order valence-electron chi connectivity index (χ1n) is 11.5. The predicted octanol–water partition coefficient (Wildman–Crippen LogP) is 4.25. The number of imidazole rings is 1. The number of aromatic nitrogens is 2. The Balaban J connectivity index is 1.70. The van der Waals surface area contributed by atoms with Crippen molar-refractivity contribution in [1.82, 2.24) is 14.9 Å². The Morgan fingerprint density at radius 2 is 1.91 bits per heavy atom. The van der Waals surface area contributed by atoms with E-state index in [-0.39, 0.29) is 16.2 Å². The number of benzene rings is 1. The molecular weight excluding hydrogens is 441 g/mol. The Morgan fingerprint density at radius 1 is 1.21 bits per heavy atom. The van der Waals surface area contributed by atoms with Crippen LogP contribution >= 0.6 is 0 Å². The van der Waals surface area contributed by atoms with Crippen molar-refractivity contribution in [2.75, 3.05) is 7.05 Å². The molecule has 1 N–H and O–H groups in total. The maximum Gasteiger partial charge on any atom is 0.250 e. The molecule has 0 radical (unpaired) electrons. The highest BCUT2D eigenvalue weighted by Gasteiger charge is 2.30. The standard InChI is InChI=1S/C25H32FN3O3S/c1-25(2,3)24-28-21-14-20(33(31,32)19-10-7-17(13-19)23(30)27-4)11-12-22(21)29(24)15-16-5-8-18(26)9-6-16/h7,10-14,16,18-19H,5-6,8-9,15H2,1-4H3,(H,27,30). The van der Waals surface area contributed by atoms with Gasteiger partial charge in [-0.1, -0.05) is 32.9 Å². The second kappa shape index (κ2) is 8.70. The van der Waals surface area contributed by atoms with Crippen LogP contribution in [0.15, 0.2) is 46.9 Å². The zero-order valence-electron chi connectivity index (χ0n) is 19.6. The molecule has 1 unspecified atom stereocenters. The molecule has 1 amide bonds. The number of hydrogen-bond acceptors (Lipinski definition) is 4. The fourth-order valence-corrected chi connectivity index (χ4v) is 6.20. The van der Waals surface area contributed by atoms with E-state index in [1.807, 2.05) is 6.07 Å². The van der Waals surface area contributed by atoms with Crippen molar-refractivity contribution in [2.24, 2.45) is 5.92 Å². The van der Waals surface area contributed by atoms with Gasteiger partial charge >= 0.3 is 0 Å². The van der Waals surface area contributed by atoms with Crippen LogP contribution < -0.4 is 5.32 Å². The van der Waals surface area contributed by atoms with Crippen LogP contribution in [0.5, 0.6) is 0 Å². The third-order valence-corrected chi connectivity index (χ3v) is 8.51. The lowest BCUT2D eigenvalue weighted by Crippen LogP contribution is -2.24. The molecule has 8 heteroatoms. The largest absolute Gasteiger partial charge is 0.355 e. The third-order valence-electron chi connectivity index (χ3n) is 6.59. The Kier molecular flexibility index (Phi) is 6.24. The van der Waals surface area contributed by atoms with Crippen molar-refractivity contribution in [3.63, 3.8) is 0 Å². The van der Waals surface area contributed by atoms with E-state index in [1.165, 1.54) is 25.3 Å². The van der Waals surface area contributed by atoms with Crippen LogP contribution in [0.4, 0.5) is 4.39 Å². The number of sulfone groups is 1. The van der Waals surface area contributed by atoms with E-state index in [0.717, 1.165) is 30.7 Å². The molecule has 1 atom stereocenters. The number of likely N-dealkylation sites (N-methyl/N-ethyl adjacent to an activating group) is 1. The molecule has 33 heavy (non-hydrogen) atoms. The quantitative estimate of drug-likeness (QED) is 0.704. The average molecular weight is 474 g/mol. The molecule has 0 bridgehead atoms. The van der Waals surface area contributed by atoms with E-state index >= 15 is 0 Å². The Bertz CT molecular complexity index is 1230. The van der Waals surface area contributed by atoms with E-state index in [2.05, 4.69) is 30.7 Å². The van der Waals surface area contributed by atoms with Gasteiger partial charge in [-0.2, -0.15) is 0 Å². The van der Waals surface area contributed by atoms with Gasteiger partial charge in [-0.05, 0) is 55.9 Å². The molecule has 2 aliphatic carbocycles. The highest BCUT2D eigenvalue weighted by atomic mass is 32.2. The van der Waals surface area contributed by atoms with Gasteiger partial charge in [0.05, 0.1) is 15.9 Å². The number of nitrogens with zero attached hydrogens (tertiary/aromatic N) is 2. The van der Waals surface area contributed by atoms with E-state index in [0.29, 0.717) is 29.8 Å². The van der Waals surface area contributed by atoms with Gasteiger partial charge in [-0.25, -0.2) is 17.8 Å². The van der Waals surface area contributed by atoms with E-state index in [9.17, 15) is 17.6 Å². The monoisotopic (exact) mass is 473 g/mol. The SMILES string of the molecule is CNC(=O)C1=CC(S(=O)(=O)c2ccc3c(c2)nc(C(C)(C)C)n3CC2CCC(F)CC2)C=C1. The number of fused-ring (bicyclic) bond motifs is 1. The molecule has 4 rings (SSSR count). The fraction of sp³-hybridized carbons (Fsp3) is 0.520. The number of nitrogens with one attached hydrogen (secondary N) is 1. The molecule has 1 aromatic heterocycles. The lowest BCUT2D eigenvalue weighted by molar-refractivity contribution is -0.116. The van der Waals surface area contributed by atoms with Crippen molar-refractivity contribution in [1.29, 1.82) is 0 Å². The maximum atomic E-state index is 13.6. The minimum Gasteiger partial charge on any atom is -0.355 e. The lowest BCUT2D eigenvalue weighted by Gasteiger charge is -2.27. The van der Waals surface area contributed by atoms with Crippen molar-refractivity contribution >= 4 is 26.8 Å². The Hall–Kier alpha value is -2.48. The molecule has 1 fully saturated rings. The Labute approximate surface area is 194 Å². The van der Waals surface area contributed by atoms with E-state index < -0.39 is 21.3 Å². The lowest BCUT2D eigenvalue weighted by atomic mass is 9.87. The molecular formula is C25H32FN3O3S. The zero-order valence-corrected chi connectivity index (χ0v) is 20.5. The van der Waals surface area contributed by atoms with Crippen LogP contribution in [0.2, 0.25) is 0 Å². The van der Waals surface area contributed by atoms with Crippen LogP contribution in [0.25, 0.3) is 11.0 Å². The van der Waals surface area contributed by atoms with Crippen LogP contribution in [-0.2, 0) is 26.6 Å². The molecule has 1 heterocycles. The summed E-state index contributed by atoms with van der Waals surface area (Å²) in [6, 6.07) is 5.09. The highest BCUT2D eigenvalue weighted by Crippen LogP contribution is 2.33. The molecule has 0 saturated heterocycles. The number of halogens is 1. The summed E-state index contributed by atoms with van der Waals surface area (Å²) in [5.74, 6) is 0.975. The van der Waals surface area contributed by atoms with Crippen molar-refractivity contribution < 1.29 is 17.6 Å². The normalized spacial score (nSPS) is 23.7. The maximum absolute atomic E-state index is 13.6. The fourth-order valence-electron chi connectivity index (χ4n) is 4.74. The minimum atomic E-state index is -3.71. The van der Waals surface area contributed by atoms with Crippen molar-refractivity contribution in [2.45, 2.75) is 74.7 Å². The smallest absolute Gasteiger partial charge is 0.250 e. The number of hydrogen-bond donors (Lipinski definition) is 1. The van der Waals surface area contributed by atoms with Gasteiger partial charge in [0, 0.05) is 24.6 Å². The van der Waals surface area contributed by atoms with E-state index in [4.69, 9.17) is 4.98 Å². The van der Waals surface area contributed by atoms with Gasteiger partial charge in [0.15, 0.2) is 9.84 Å². The molecule has 2 aliphatic rings. The average Bonchev–Trinajstić information content (AvgIpc) is 3.40. The number of alkyl halides is 1. The van der Waals surface area contributed by atoms with Gasteiger partial charge in [0.25, 0.3) is 5.91 Å². The second-order valence-electron chi connectivity index (χ2n) is 10.1. The summed E-state index contributed by atoms with van der Waals surface area (Å²) in [7, 11) is -2.20. The van der Waals surface area contributed by atoms with Gasteiger partial charge in [-0.3, -0.25) is 4.79 Å². The summed E-state index contributed by atoms with van der Waals surface area (Å²) in [5.41, 5.74) is 1.64. The van der Waals surface area contributed by atoms with Crippen LogP contribution in [-0.4, -0.2) is 42.3 Å². The summed E-state index contributed by atoms with van der Waals surface area (Å²) >= 11 is 0. The van der Waals surface area contributed by atoms with Gasteiger partial charge in [0.1, 0.15) is 17.2 Å². The number of carbonyl (C=O) groups excluding carboxylic acids is 1. The summed E-state index contributed by atoms with van der Waals surface area (Å²) in [6.45, 7) is 7.03. The topological polar surface area (TPSA) is 81.1 Å². The first-order chi connectivity index (χ1) is 15.5. The summed E-state index contributed by atoms with van der Waals surface area (Å²) < 4.78 is 42.4. The highest BCUT2D eigenvalue weighted by molar-refractivity contribution is 7.92. The summed E-state index contributed by atoms with van der Waals surface area (Å²) in [5, 5.41) is 1.63. The number of carbonyl (C=O) groups is 1. The molecule has 1 saturated carbocycles. The summed E-state index contributed by atoms with van der Waals surface area (Å²) in [6.07, 6.45) is 6.76. The summed E-state index contributed by atoms with van der Waals surface area (Å²) in [4.78, 5) is 16.9. The minimum absolute atomic E-state index is 0.183. The number of rotatable bonds is 5. The second-order valence-corrected chi connectivity index (χ2v) is 12.2. The zero-order chi connectivity index (χ0) is 24.0. The third kappa shape index (κ3) is 4.63. The van der Waals surface area contributed by atoms with Gasteiger partial charge in [0.2, 0.25) is 0 Å². The predicted molar refractivity (Wildman–Crippen MR) is 128 cm³/mol. The molecule has 1 aromatic carbocycles. The molecule has 178 valence electrons. The van der Waals surface area contributed by atoms with Gasteiger partial charge < -0.3 is 9.88 Å². The Morgan fingerprint density at radius 3 is 2.55 bits per heavy atom. The molecule has 6 nitrogen and oxygen atoms in total. The molecule has 0 aliphatic heterocycles.